The molecule has 12 nitrogen and oxygen atoms in total. The number of carbonyl (C=O) groups excluding carboxylic acids is 3. The second kappa shape index (κ2) is 17.6. The largest absolute Gasteiger partial charge is 0.352 e. The van der Waals surface area contributed by atoms with E-state index in [-0.39, 0.29) is 61.4 Å². The molecule has 300 valence electrons. The molecule has 56 heavy (non-hydrogen) atoms. The second-order valence-electron chi connectivity index (χ2n) is 15.9. The van der Waals surface area contributed by atoms with Gasteiger partial charge in [-0.15, -0.1) is 0 Å². The maximum absolute atomic E-state index is 14.4. The Morgan fingerprint density at radius 1 is 0.839 bits per heavy atom. The molecule has 3 heterocycles. The summed E-state index contributed by atoms with van der Waals surface area (Å²) >= 11 is 6.16. The summed E-state index contributed by atoms with van der Waals surface area (Å²) in [5.41, 5.74) is 1.72. The van der Waals surface area contributed by atoms with E-state index >= 15 is 0 Å². The molecule has 4 fully saturated rings. The molecule has 3 saturated heterocycles. The quantitative estimate of drug-likeness (QED) is 0.281. The van der Waals surface area contributed by atoms with Gasteiger partial charge >= 0.3 is 0 Å². The molecule has 1 atom stereocenters. The summed E-state index contributed by atoms with van der Waals surface area (Å²) in [6.07, 6.45) is 6.09. The Morgan fingerprint density at radius 3 is 2.14 bits per heavy atom. The Kier molecular flexibility index (Phi) is 12.7. The average molecular weight is 804 g/mol. The summed E-state index contributed by atoms with van der Waals surface area (Å²) in [5, 5.41) is 3.69. The number of anilines is 1. The number of nitrogens with one attached hydrogen (secondary N) is 2. The summed E-state index contributed by atoms with van der Waals surface area (Å²) in [4.78, 5) is 52.1. The van der Waals surface area contributed by atoms with Crippen molar-refractivity contribution in [2.45, 2.75) is 80.4 Å². The molecule has 1 saturated carbocycles. The maximum Gasteiger partial charge on any atom is 0.250 e. The van der Waals surface area contributed by atoms with E-state index in [9.17, 15) is 22.8 Å². The molecule has 0 aromatic heterocycles. The minimum absolute atomic E-state index is 0.0230. The van der Waals surface area contributed by atoms with Crippen LogP contribution >= 0.6 is 11.6 Å². The van der Waals surface area contributed by atoms with Crippen LogP contribution in [-0.4, -0.2) is 123 Å². The number of rotatable bonds is 12. The van der Waals surface area contributed by atoms with Gasteiger partial charge in [-0.05, 0) is 86.7 Å². The van der Waals surface area contributed by atoms with Crippen LogP contribution in [0.25, 0.3) is 0 Å². The normalized spacial score (nSPS) is 20.4. The Balaban J connectivity index is 1.06. The van der Waals surface area contributed by atoms with Crippen LogP contribution < -0.4 is 14.9 Å². The third-order valence-corrected chi connectivity index (χ3v) is 13.7. The molecule has 3 aliphatic heterocycles. The van der Waals surface area contributed by atoms with E-state index in [2.05, 4.69) is 31.8 Å². The van der Waals surface area contributed by atoms with Crippen molar-refractivity contribution in [3.05, 3.63) is 95.0 Å². The number of benzene rings is 3. The number of nitrogens with zero attached hydrogens (tertiary/aromatic N) is 5. The number of likely N-dealkylation sites (tertiary alicyclic amines) is 1. The van der Waals surface area contributed by atoms with Crippen molar-refractivity contribution in [2.24, 2.45) is 0 Å². The van der Waals surface area contributed by atoms with Gasteiger partial charge in [-0.25, -0.2) is 8.42 Å². The first-order valence-corrected chi connectivity index (χ1v) is 21.8. The van der Waals surface area contributed by atoms with Crippen molar-refractivity contribution in [2.75, 3.05) is 64.4 Å². The first-order chi connectivity index (χ1) is 27.0. The number of amides is 3. The van der Waals surface area contributed by atoms with E-state index in [0.29, 0.717) is 17.9 Å². The van der Waals surface area contributed by atoms with Crippen molar-refractivity contribution in [1.82, 2.24) is 29.6 Å². The van der Waals surface area contributed by atoms with Crippen LogP contribution in [-0.2, 0) is 37.4 Å². The number of hydrogen-bond donors (Lipinski definition) is 2. The molecule has 0 radical (unpaired) electrons. The Bertz CT molecular complexity index is 1930. The molecular formula is C42H54ClN7O5S. The molecule has 14 heteroatoms. The van der Waals surface area contributed by atoms with Crippen LogP contribution in [0.5, 0.6) is 0 Å². The van der Waals surface area contributed by atoms with E-state index in [1.807, 2.05) is 42.5 Å². The lowest BCUT2D eigenvalue weighted by Gasteiger charge is -2.44. The van der Waals surface area contributed by atoms with Gasteiger partial charge in [0.1, 0.15) is 18.1 Å². The number of piperidine rings is 1. The predicted octanol–water partition coefficient (Wildman–Crippen LogP) is 4.09. The minimum atomic E-state index is -4.08. The van der Waals surface area contributed by atoms with Crippen molar-refractivity contribution in [3.63, 3.8) is 0 Å². The molecule has 3 aromatic carbocycles. The van der Waals surface area contributed by atoms with Crippen molar-refractivity contribution in [1.29, 1.82) is 0 Å². The average Bonchev–Trinajstić information content (AvgIpc) is 3.46. The molecule has 1 unspecified atom stereocenters. The number of para-hydroxylation sites is 1. The smallest absolute Gasteiger partial charge is 0.250 e. The SMILES string of the molecule is CN1CCN(Cc2ccc(S(=O)(=O)NC(Cc3ccc(Cl)cc3)C(=O)N3CCC4(CC3)C(=O)N(CC(=O)NC3CCCCC3)CN4c3ccccc3)cc2)CC1. The van der Waals surface area contributed by atoms with E-state index < -0.39 is 21.6 Å². The number of piperazine rings is 1. The third-order valence-electron chi connectivity index (χ3n) is 12.0. The van der Waals surface area contributed by atoms with Gasteiger partial charge in [-0.2, -0.15) is 4.72 Å². The zero-order valence-electron chi connectivity index (χ0n) is 32.2. The third kappa shape index (κ3) is 9.40. The van der Waals surface area contributed by atoms with Crippen LogP contribution in [0.2, 0.25) is 5.02 Å². The standard InChI is InChI=1S/C42H54ClN7O5S/c1-46-24-26-47(27-25-46)29-33-14-18-37(19-15-33)56(54,55)45-38(28-32-12-16-34(43)17-13-32)40(52)48-22-20-42(21-23-48)41(53)49(31-50(42)36-10-6-3-7-11-36)30-39(51)44-35-8-4-2-5-9-35/h3,6-7,10-19,35,38,45H,2,4-5,8-9,20-31H2,1H3,(H,44,51). The monoisotopic (exact) mass is 803 g/mol. The van der Waals surface area contributed by atoms with Crippen LogP contribution in [0.3, 0.4) is 0 Å². The lowest BCUT2D eigenvalue weighted by Crippen LogP contribution is -2.59. The van der Waals surface area contributed by atoms with Gasteiger partial charge in [0.15, 0.2) is 0 Å². The second-order valence-corrected chi connectivity index (χ2v) is 18.0. The summed E-state index contributed by atoms with van der Waals surface area (Å²) in [7, 11) is -1.97. The molecule has 3 aromatic rings. The maximum atomic E-state index is 14.4. The summed E-state index contributed by atoms with van der Waals surface area (Å²) in [6.45, 7) is 5.38. The topological polar surface area (TPSA) is 126 Å². The molecule has 2 N–H and O–H groups in total. The van der Waals surface area contributed by atoms with Crippen molar-refractivity contribution in [3.8, 4) is 0 Å². The summed E-state index contributed by atoms with van der Waals surface area (Å²) in [5.74, 6) is -0.628. The van der Waals surface area contributed by atoms with Crippen LogP contribution in [0, 0.1) is 0 Å². The Labute approximate surface area is 336 Å². The molecular weight excluding hydrogens is 750 g/mol. The number of sulfonamides is 1. The molecule has 3 amide bonds. The number of hydrogen-bond acceptors (Lipinski definition) is 8. The zero-order chi connectivity index (χ0) is 39.3. The molecule has 7 rings (SSSR count). The van der Waals surface area contributed by atoms with E-state index in [0.717, 1.165) is 75.2 Å². The van der Waals surface area contributed by atoms with Gasteiger partial charge in [0.2, 0.25) is 21.8 Å². The van der Waals surface area contributed by atoms with Gasteiger partial charge in [-0.3, -0.25) is 19.3 Å². The van der Waals surface area contributed by atoms with E-state index in [1.54, 1.807) is 46.2 Å². The van der Waals surface area contributed by atoms with Gasteiger partial charge in [0.05, 0.1) is 11.6 Å². The fourth-order valence-electron chi connectivity index (χ4n) is 8.66. The fraction of sp³-hybridized carbons (Fsp3) is 0.500. The minimum Gasteiger partial charge on any atom is -0.352 e. The zero-order valence-corrected chi connectivity index (χ0v) is 33.8. The van der Waals surface area contributed by atoms with Crippen LogP contribution in [0.4, 0.5) is 5.69 Å². The number of carbonyl (C=O) groups is 3. The lowest BCUT2D eigenvalue weighted by molar-refractivity contribution is -0.140. The van der Waals surface area contributed by atoms with Gasteiger partial charge < -0.3 is 24.9 Å². The highest BCUT2D eigenvalue weighted by atomic mass is 35.5. The van der Waals surface area contributed by atoms with Crippen molar-refractivity contribution >= 4 is 45.0 Å². The highest BCUT2D eigenvalue weighted by Gasteiger charge is 2.54. The molecule has 1 aliphatic carbocycles. The number of halogens is 1. The first kappa shape index (κ1) is 40.2. The van der Waals surface area contributed by atoms with E-state index in [4.69, 9.17) is 11.6 Å². The van der Waals surface area contributed by atoms with Crippen LogP contribution in [0.1, 0.15) is 56.1 Å². The molecule has 0 bridgehead atoms. The Morgan fingerprint density at radius 2 is 1.48 bits per heavy atom. The number of likely N-dealkylation sites (N-methyl/N-ethyl adjacent to an activating group) is 1. The Hall–Kier alpha value is -4.01. The highest BCUT2D eigenvalue weighted by Crippen LogP contribution is 2.39. The first-order valence-electron chi connectivity index (χ1n) is 20.0. The fourth-order valence-corrected chi connectivity index (χ4v) is 9.98. The van der Waals surface area contributed by atoms with Crippen molar-refractivity contribution < 1.29 is 22.8 Å². The van der Waals surface area contributed by atoms with Gasteiger partial charge in [0, 0.05) is 62.6 Å². The molecule has 4 aliphatic rings. The lowest BCUT2D eigenvalue weighted by atomic mass is 9.85. The van der Waals surface area contributed by atoms with Gasteiger partial charge in [-0.1, -0.05) is 73.3 Å². The highest BCUT2D eigenvalue weighted by molar-refractivity contribution is 7.89. The predicted molar refractivity (Wildman–Crippen MR) is 218 cm³/mol. The molecule has 1 spiro atoms. The van der Waals surface area contributed by atoms with E-state index in [1.165, 1.54) is 6.42 Å². The summed E-state index contributed by atoms with van der Waals surface area (Å²) in [6, 6.07) is 22.7. The van der Waals surface area contributed by atoms with Crippen LogP contribution in [0.15, 0.2) is 83.8 Å². The van der Waals surface area contributed by atoms with Gasteiger partial charge in [0.25, 0.3) is 5.91 Å². The summed E-state index contributed by atoms with van der Waals surface area (Å²) < 4.78 is 30.5.